The van der Waals surface area contributed by atoms with Crippen LogP contribution in [-0.2, 0) is 6.54 Å². The Hall–Kier alpha value is -3.19. The van der Waals surface area contributed by atoms with E-state index in [2.05, 4.69) is 82.5 Å². The summed E-state index contributed by atoms with van der Waals surface area (Å²) in [5.41, 5.74) is 10.6. The van der Waals surface area contributed by atoms with Crippen LogP contribution in [-0.4, -0.2) is 41.9 Å². The van der Waals surface area contributed by atoms with Gasteiger partial charge in [-0.1, -0.05) is 30.3 Å². The number of nitrogens with one attached hydrogen (secondary N) is 2. The summed E-state index contributed by atoms with van der Waals surface area (Å²) in [4.78, 5) is 2.40. The Labute approximate surface area is 188 Å². The zero-order chi connectivity index (χ0) is 21.9. The van der Waals surface area contributed by atoms with Crippen LogP contribution in [0.5, 0.6) is 5.75 Å². The number of methoxy groups -OCH3 is 1. The minimum Gasteiger partial charge on any atom is -0.497 e. The third-order valence-electron chi connectivity index (χ3n) is 6.23. The molecule has 0 bridgehead atoms. The summed E-state index contributed by atoms with van der Waals surface area (Å²) in [6.07, 6.45) is 3.76. The molecule has 6 heteroatoms. The molecule has 0 radical (unpaired) electrons. The average Bonchev–Trinajstić information content (AvgIpc) is 3.51. The van der Waals surface area contributed by atoms with E-state index in [1.54, 1.807) is 13.3 Å². The Morgan fingerprint density at radius 1 is 1.06 bits per heavy atom. The van der Waals surface area contributed by atoms with Crippen LogP contribution in [0.1, 0.15) is 17.2 Å². The number of nitrogens with zero attached hydrogens (tertiary/aromatic N) is 3. The molecule has 32 heavy (non-hydrogen) atoms. The molecule has 6 nitrogen and oxygen atoms in total. The van der Waals surface area contributed by atoms with Crippen molar-refractivity contribution < 1.29 is 4.74 Å². The van der Waals surface area contributed by atoms with Crippen LogP contribution >= 0.6 is 0 Å². The van der Waals surface area contributed by atoms with Gasteiger partial charge >= 0.3 is 0 Å². The lowest BCUT2D eigenvalue weighted by Crippen LogP contribution is -2.30. The Morgan fingerprint density at radius 3 is 2.66 bits per heavy atom. The van der Waals surface area contributed by atoms with Crippen molar-refractivity contribution in [3.8, 4) is 11.4 Å². The van der Waals surface area contributed by atoms with E-state index in [0.29, 0.717) is 5.92 Å². The molecular formula is C26H29N5O. The molecule has 0 saturated carbocycles. The van der Waals surface area contributed by atoms with Gasteiger partial charge in [-0.2, -0.15) is 5.10 Å². The molecule has 1 aromatic heterocycles. The van der Waals surface area contributed by atoms with Gasteiger partial charge in [0.15, 0.2) is 0 Å². The summed E-state index contributed by atoms with van der Waals surface area (Å²) in [6, 6.07) is 23.8. The van der Waals surface area contributed by atoms with Crippen molar-refractivity contribution in [3.05, 3.63) is 90.3 Å². The fourth-order valence-electron chi connectivity index (χ4n) is 4.58. The predicted molar refractivity (Wildman–Crippen MR) is 128 cm³/mol. The molecule has 5 rings (SSSR count). The van der Waals surface area contributed by atoms with Gasteiger partial charge in [0.25, 0.3) is 0 Å². The van der Waals surface area contributed by atoms with E-state index in [4.69, 9.17) is 4.74 Å². The van der Waals surface area contributed by atoms with Crippen LogP contribution in [0.4, 0.5) is 0 Å². The number of benzene rings is 3. The Bertz CT molecular complexity index is 1170. The van der Waals surface area contributed by atoms with E-state index in [0.717, 1.165) is 31.1 Å². The van der Waals surface area contributed by atoms with E-state index in [9.17, 15) is 0 Å². The van der Waals surface area contributed by atoms with Crippen molar-refractivity contribution in [3.63, 3.8) is 0 Å². The van der Waals surface area contributed by atoms with Gasteiger partial charge in [0.1, 0.15) is 5.75 Å². The van der Waals surface area contributed by atoms with E-state index in [1.165, 1.54) is 21.9 Å². The highest BCUT2D eigenvalue weighted by molar-refractivity contribution is 5.84. The first-order chi connectivity index (χ1) is 15.7. The number of hydrogen-bond donors (Lipinski definition) is 2. The quantitative estimate of drug-likeness (QED) is 0.468. The number of aromatic nitrogens is 2. The van der Waals surface area contributed by atoms with E-state index in [-0.39, 0.29) is 6.04 Å². The van der Waals surface area contributed by atoms with Gasteiger partial charge in [-0.3, -0.25) is 5.43 Å². The number of hydrogen-bond acceptors (Lipinski definition) is 5. The van der Waals surface area contributed by atoms with Gasteiger partial charge in [0, 0.05) is 37.9 Å². The maximum atomic E-state index is 5.36. The van der Waals surface area contributed by atoms with Crippen LogP contribution < -0.4 is 15.6 Å². The first-order valence-corrected chi connectivity index (χ1v) is 11.0. The minimum atomic E-state index is 0.283. The molecule has 1 saturated heterocycles. The molecule has 1 fully saturated rings. The fraction of sp³-hybridized carbons (Fsp3) is 0.269. The van der Waals surface area contributed by atoms with Crippen LogP contribution in [0, 0.1) is 5.92 Å². The van der Waals surface area contributed by atoms with Crippen molar-refractivity contribution in [2.45, 2.75) is 12.6 Å². The lowest BCUT2D eigenvalue weighted by molar-refractivity contribution is 0.262. The second-order valence-electron chi connectivity index (χ2n) is 8.55. The largest absolute Gasteiger partial charge is 0.497 e. The standard InChI is InChI=1S/C26H29N5O/c1-30(17-19-4-9-24(10-5-19)31-13-3-12-28-31)18-23-16-27-29-26(23)22-7-6-21-15-25(32-2)11-8-20(21)14-22/h3-15,23,26-27,29H,16-18H2,1-2H3. The molecule has 3 aromatic carbocycles. The third-order valence-corrected chi connectivity index (χ3v) is 6.23. The average molecular weight is 428 g/mol. The van der Waals surface area contributed by atoms with Crippen LogP contribution in [0.2, 0.25) is 0 Å². The molecular weight excluding hydrogens is 398 g/mol. The molecule has 0 amide bonds. The van der Waals surface area contributed by atoms with Gasteiger partial charge < -0.3 is 9.64 Å². The van der Waals surface area contributed by atoms with E-state index in [1.807, 2.05) is 23.0 Å². The summed E-state index contributed by atoms with van der Waals surface area (Å²) >= 11 is 0. The first kappa shape index (κ1) is 20.7. The summed E-state index contributed by atoms with van der Waals surface area (Å²) in [6.45, 7) is 2.88. The number of fused-ring (bicyclic) bond motifs is 1. The molecule has 1 aliphatic heterocycles. The molecule has 4 aromatic rings. The molecule has 0 spiro atoms. The smallest absolute Gasteiger partial charge is 0.119 e. The van der Waals surface area contributed by atoms with E-state index >= 15 is 0 Å². The minimum absolute atomic E-state index is 0.283. The monoisotopic (exact) mass is 427 g/mol. The van der Waals surface area contributed by atoms with Gasteiger partial charge in [-0.25, -0.2) is 10.1 Å². The second-order valence-corrected chi connectivity index (χ2v) is 8.55. The lowest BCUT2D eigenvalue weighted by atomic mass is 9.92. The van der Waals surface area contributed by atoms with Crippen LogP contribution in [0.15, 0.2) is 79.1 Å². The topological polar surface area (TPSA) is 54.4 Å². The summed E-state index contributed by atoms with van der Waals surface area (Å²) in [7, 11) is 3.90. The van der Waals surface area contributed by atoms with Gasteiger partial charge in [0.05, 0.1) is 18.8 Å². The Morgan fingerprint density at radius 2 is 1.88 bits per heavy atom. The second kappa shape index (κ2) is 9.12. The zero-order valence-corrected chi connectivity index (χ0v) is 18.5. The van der Waals surface area contributed by atoms with Gasteiger partial charge in [0.2, 0.25) is 0 Å². The van der Waals surface area contributed by atoms with Crippen molar-refractivity contribution >= 4 is 10.8 Å². The first-order valence-electron chi connectivity index (χ1n) is 11.0. The molecule has 0 aliphatic carbocycles. The Kier molecular flexibility index (Phi) is 5.90. The van der Waals surface area contributed by atoms with Crippen molar-refractivity contribution in [2.75, 3.05) is 27.2 Å². The normalized spacial score (nSPS) is 18.5. The maximum Gasteiger partial charge on any atom is 0.119 e. The number of hydrazine groups is 1. The SMILES string of the molecule is COc1ccc2cc(C3NNCC3CN(C)Cc3ccc(-n4cccn4)cc3)ccc2c1. The number of ether oxygens (including phenoxy) is 1. The lowest BCUT2D eigenvalue weighted by Gasteiger charge is -2.25. The molecule has 164 valence electrons. The summed E-state index contributed by atoms with van der Waals surface area (Å²) in [5, 5.41) is 6.73. The highest BCUT2D eigenvalue weighted by Gasteiger charge is 2.29. The molecule has 2 heterocycles. The molecule has 2 unspecified atom stereocenters. The van der Waals surface area contributed by atoms with Gasteiger partial charge in [-0.15, -0.1) is 0 Å². The molecule has 1 aliphatic rings. The third kappa shape index (κ3) is 4.39. The van der Waals surface area contributed by atoms with Crippen molar-refractivity contribution in [2.24, 2.45) is 5.92 Å². The van der Waals surface area contributed by atoms with Gasteiger partial charge in [-0.05, 0) is 65.3 Å². The van der Waals surface area contributed by atoms with Crippen molar-refractivity contribution in [1.82, 2.24) is 25.5 Å². The summed E-state index contributed by atoms with van der Waals surface area (Å²) < 4.78 is 7.24. The predicted octanol–water partition coefficient (Wildman–Crippen LogP) is 3.93. The molecule has 2 N–H and O–H groups in total. The Balaban J connectivity index is 1.25. The number of rotatable bonds is 7. The highest BCUT2D eigenvalue weighted by Crippen LogP contribution is 2.30. The highest BCUT2D eigenvalue weighted by atomic mass is 16.5. The van der Waals surface area contributed by atoms with E-state index < -0.39 is 0 Å². The summed E-state index contributed by atoms with van der Waals surface area (Å²) in [5.74, 6) is 1.38. The van der Waals surface area contributed by atoms with Crippen LogP contribution in [0.25, 0.3) is 16.5 Å². The molecule has 2 atom stereocenters. The zero-order valence-electron chi connectivity index (χ0n) is 18.5. The maximum absolute atomic E-state index is 5.36. The fourth-order valence-corrected chi connectivity index (χ4v) is 4.58. The van der Waals surface area contributed by atoms with Crippen LogP contribution in [0.3, 0.4) is 0 Å². The van der Waals surface area contributed by atoms with Crippen molar-refractivity contribution in [1.29, 1.82) is 0 Å².